The van der Waals surface area contributed by atoms with Crippen LogP contribution in [0, 0.1) is 32.1 Å². The van der Waals surface area contributed by atoms with Gasteiger partial charge in [-0.15, -0.1) is 10.2 Å². The molecule has 0 bridgehead atoms. The molecule has 0 aliphatic carbocycles. The molecular weight excluding hydrogens is 340 g/mol. The second-order valence-corrected chi connectivity index (χ2v) is 7.03. The van der Waals surface area contributed by atoms with Crippen LogP contribution in [-0.4, -0.2) is 24.5 Å². The van der Waals surface area contributed by atoms with Crippen molar-refractivity contribution in [1.29, 1.82) is 5.26 Å². The second-order valence-electron chi connectivity index (χ2n) is 7.03. The van der Waals surface area contributed by atoms with Crippen molar-refractivity contribution in [1.82, 2.24) is 24.5 Å². The van der Waals surface area contributed by atoms with Crippen LogP contribution in [0.3, 0.4) is 0 Å². The Kier molecular flexibility index (Phi) is 4.40. The molecule has 1 aliphatic heterocycles. The molecule has 4 rings (SSSR count). The van der Waals surface area contributed by atoms with E-state index in [1.165, 1.54) is 6.42 Å². The standard InChI is InChI=1S/C20H22N6O/c1-13-9-16(15(3)26(13)19-10-14(2)27-24-19)11-17(12-21)20-23-22-18-7-5-4-6-8-25(18)20/h9-11H,4-8H2,1-3H3/b17-11+. The molecule has 3 aromatic rings. The first-order chi connectivity index (χ1) is 13.1. The summed E-state index contributed by atoms with van der Waals surface area (Å²) >= 11 is 0. The number of nitrogens with zero attached hydrogens (tertiary/aromatic N) is 6. The highest BCUT2D eigenvalue weighted by Gasteiger charge is 2.19. The molecule has 0 saturated carbocycles. The van der Waals surface area contributed by atoms with Crippen molar-refractivity contribution in [3.8, 4) is 11.9 Å². The lowest BCUT2D eigenvalue weighted by atomic mass is 10.1. The zero-order chi connectivity index (χ0) is 19.0. The van der Waals surface area contributed by atoms with Crippen LogP contribution in [0.15, 0.2) is 16.7 Å². The van der Waals surface area contributed by atoms with E-state index in [1.54, 1.807) is 0 Å². The lowest BCUT2D eigenvalue weighted by Gasteiger charge is -2.06. The molecule has 0 radical (unpaired) electrons. The van der Waals surface area contributed by atoms with Crippen molar-refractivity contribution in [2.24, 2.45) is 0 Å². The third-order valence-corrected chi connectivity index (χ3v) is 5.09. The Balaban J connectivity index is 1.77. The third kappa shape index (κ3) is 3.08. The molecule has 138 valence electrons. The minimum absolute atomic E-state index is 0.534. The average molecular weight is 362 g/mol. The minimum atomic E-state index is 0.534. The largest absolute Gasteiger partial charge is 0.360 e. The Morgan fingerprint density at radius 3 is 2.78 bits per heavy atom. The van der Waals surface area contributed by atoms with Crippen LogP contribution in [0.4, 0.5) is 0 Å². The van der Waals surface area contributed by atoms with E-state index in [9.17, 15) is 5.26 Å². The summed E-state index contributed by atoms with van der Waals surface area (Å²) in [5, 5.41) is 22.5. The molecule has 0 N–H and O–H groups in total. The van der Waals surface area contributed by atoms with Crippen LogP contribution >= 0.6 is 0 Å². The lowest BCUT2D eigenvalue weighted by molar-refractivity contribution is 0.394. The summed E-state index contributed by atoms with van der Waals surface area (Å²) in [7, 11) is 0. The molecule has 0 atom stereocenters. The van der Waals surface area contributed by atoms with Crippen molar-refractivity contribution < 1.29 is 4.52 Å². The molecule has 0 spiro atoms. The monoisotopic (exact) mass is 362 g/mol. The number of hydrogen-bond donors (Lipinski definition) is 0. The molecule has 0 aromatic carbocycles. The van der Waals surface area contributed by atoms with Gasteiger partial charge in [-0.1, -0.05) is 11.6 Å². The van der Waals surface area contributed by atoms with Gasteiger partial charge in [0, 0.05) is 30.4 Å². The Labute approximate surface area is 157 Å². The van der Waals surface area contributed by atoms with E-state index < -0.39 is 0 Å². The summed E-state index contributed by atoms with van der Waals surface area (Å²) in [6.07, 6.45) is 6.23. The van der Waals surface area contributed by atoms with Crippen molar-refractivity contribution >= 4 is 11.6 Å². The molecule has 27 heavy (non-hydrogen) atoms. The van der Waals surface area contributed by atoms with Gasteiger partial charge in [0.15, 0.2) is 11.6 Å². The zero-order valence-corrected chi connectivity index (χ0v) is 15.9. The van der Waals surface area contributed by atoms with Crippen molar-refractivity contribution in [2.45, 2.75) is 53.0 Å². The topological polar surface area (TPSA) is 85.5 Å². The van der Waals surface area contributed by atoms with E-state index >= 15 is 0 Å². The molecule has 0 unspecified atom stereocenters. The maximum atomic E-state index is 9.78. The van der Waals surface area contributed by atoms with Crippen LogP contribution in [0.2, 0.25) is 0 Å². The van der Waals surface area contributed by atoms with E-state index in [0.29, 0.717) is 11.4 Å². The predicted molar refractivity (Wildman–Crippen MR) is 101 cm³/mol. The fourth-order valence-electron chi connectivity index (χ4n) is 3.73. The number of aromatic nitrogens is 5. The van der Waals surface area contributed by atoms with E-state index in [0.717, 1.165) is 60.2 Å². The minimum Gasteiger partial charge on any atom is -0.360 e. The van der Waals surface area contributed by atoms with Gasteiger partial charge in [-0.3, -0.25) is 4.57 Å². The molecule has 0 saturated heterocycles. The molecule has 7 heteroatoms. The van der Waals surface area contributed by atoms with Gasteiger partial charge < -0.3 is 9.09 Å². The fourth-order valence-corrected chi connectivity index (χ4v) is 3.73. The first-order valence-corrected chi connectivity index (χ1v) is 9.25. The Bertz CT molecular complexity index is 1060. The van der Waals surface area contributed by atoms with Crippen LogP contribution in [0.1, 0.15) is 53.6 Å². The molecule has 1 aliphatic rings. The summed E-state index contributed by atoms with van der Waals surface area (Å²) in [4.78, 5) is 0. The Morgan fingerprint density at radius 2 is 2.04 bits per heavy atom. The van der Waals surface area contributed by atoms with Crippen molar-refractivity contribution in [2.75, 3.05) is 0 Å². The number of rotatable bonds is 3. The maximum absolute atomic E-state index is 9.78. The molecule has 7 nitrogen and oxygen atoms in total. The molecule has 0 amide bonds. The highest BCUT2D eigenvalue weighted by Crippen LogP contribution is 2.26. The maximum Gasteiger partial charge on any atom is 0.180 e. The van der Waals surface area contributed by atoms with Gasteiger partial charge in [-0.25, -0.2) is 0 Å². The first-order valence-electron chi connectivity index (χ1n) is 9.25. The lowest BCUT2D eigenvalue weighted by Crippen LogP contribution is -2.05. The number of fused-ring (bicyclic) bond motifs is 1. The van der Waals surface area contributed by atoms with E-state index in [4.69, 9.17) is 4.52 Å². The quantitative estimate of drug-likeness (QED) is 0.662. The van der Waals surface area contributed by atoms with Crippen molar-refractivity contribution in [3.05, 3.63) is 46.5 Å². The van der Waals surface area contributed by atoms with Crippen LogP contribution in [0.5, 0.6) is 0 Å². The summed E-state index contributed by atoms with van der Waals surface area (Å²) in [6.45, 7) is 6.77. The number of hydrogen-bond acceptors (Lipinski definition) is 5. The first kappa shape index (κ1) is 17.3. The summed E-state index contributed by atoms with van der Waals surface area (Å²) in [5.74, 6) is 3.15. The Morgan fingerprint density at radius 1 is 1.19 bits per heavy atom. The number of nitriles is 1. The van der Waals surface area contributed by atoms with Gasteiger partial charge in [0.1, 0.15) is 17.7 Å². The Hall–Kier alpha value is -3.14. The summed E-state index contributed by atoms with van der Waals surface area (Å²) in [5.41, 5.74) is 3.54. The van der Waals surface area contributed by atoms with Crippen molar-refractivity contribution in [3.63, 3.8) is 0 Å². The van der Waals surface area contributed by atoms with Gasteiger partial charge in [-0.05, 0) is 51.3 Å². The normalized spacial score (nSPS) is 14.7. The highest BCUT2D eigenvalue weighted by molar-refractivity contribution is 5.88. The fraction of sp³-hybridized carbons (Fsp3) is 0.400. The summed E-state index contributed by atoms with van der Waals surface area (Å²) < 4.78 is 9.34. The van der Waals surface area contributed by atoms with Crippen LogP contribution in [0.25, 0.3) is 17.5 Å². The third-order valence-electron chi connectivity index (χ3n) is 5.09. The SMILES string of the molecule is Cc1cc(-n2c(C)cc(/C=C(\C#N)c3nnc4n3CCCCC4)c2C)no1. The zero-order valence-electron chi connectivity index (χ0n) is 15.9. The van der Waals surface area contributed by atoms with Gasteiger partial charge in [0.2, 0.25) is 0 Å². The number of allylic oxidation sites excluding steroid dienone is 1. The van der Waals surface area contributed by atoms with Crippen LogP contribution in [-0.2, 0) is 13.0 Å². The molecule has 0 fully saturated rings. The van der Waals surface area contributed by atoms with Crippen LogP contribution < -0.4 is 0 Å². The summed E-state index contributed by atoms with van der Waals surface area (Å²) in [6, 6.07) is 6.27. The van der Waals surface area contributed by atoms with Gasteiger partial charge >= 0.3 is 0 Å². The smallest absolute Gasteiger partial charge is 0.180 e. The molecular formula is C20H22N6O. The van der Waals surface area contributed by atoms with Gasteiger partial charge in [-0.2, -0.15) is 5.26 Å². The molecule has 4 heterocycles. The van der Waals surface area contributed by atoms with E-state index in [-0.39, 0.29) is 0 Å². The average Bonchev–Trinajstić information content (AvgIpc) is 3.26. The predicted octanol–water partition coefficient (Wildman–Crippen LogP) is 3.77. The molecule has 3 aromatic heterocycles. The second kappa shape index (κ2) is 6.88. The van der Waals surface area contributed by atoms with E-state index in [2.05, 4.69) is 32.1 Å². The number of aryl methyl sites for hydroxylation is 3. The van der Waals surface area contributed by atoms with E-state index in [1.807, 2.05) is 37.5 Å². The van der Waals surface area contributed by atoms with Gasteiger partial charge in [0.05, 0.1) is 5.57 Å². The highest BCUT2D eigenvalue weighted by atomic mass is 16.5. The van der Waals surface area contributed by atoms with Gasteiger partial charge in [0.25, 0.3) is 0 Å².